The number of carbonyl (C=O) groups excluding carboxylic acids is 1. The number of imidazole rings is 1. The molecule has 0 amide bonds. The molecule has 5 nitrogen and oxygen atoms in total. The fourth-order valence-corrected chi connectivity index (χ4v) is 2.94. The Kier molecular flexibility index (Phi) is 4.89. The van der Waals surface area contributed by atoms with Crippen molar-refractivity contribution in [2.45, 2.75) is 38.5 Å². The first kappa shape index (κ1) is 16.2. The van der Waals surface area contributed by atoms with E-state index in [1.54, 1.807) is 6.08 Å². The molecule has 0 radical (unpaired) electrons. The number of hydrogen-bond donors (Lipinski definition) is 1. The molecule has 0 spiro atoms. The summed E-state index contributed by atoms with van der Waals surface area (Å²) >= 11 is 0. The maximum Gasteiger partial charge on any atom is 0.303 e. The van der Waals surface area contributed by atoms with Crippen LogP contribution in [-0.2, 0) is 22.4 Å². The van der Waals surface area contributed by atoms with Crippen molar-refractivity contribution in [2.24, 2.45) is 0 Å². The number of ketones is 1. The maximum absolute atomic E-state index is 11.6. The molecule has 1 aromatic carbocycles. The van der Waals surface area contributed by atoms with Gasteiger partial charge in [-0.25, -0.2) is 4.98 Å². The molecule has 24 heavy (non-hydrogen) atoms. The lowest BCUT2D eigenvalue weighted by Gasteiger charge is -2.14. The zero-order chi connectivity index (χ0) is 16.9. The molecule has 1 aromatic heterocycles. The van der Waals surface area contributed by atoms with Gasteiger partial charge in [0.1, 0.15) is 0 Å². The van der Waals surface area contributed by atoms with Crippen LogP contribution in [0.4, 0.5) is 0 Å². The van der Waals surface area contributed by atoms with E-state index in [1.807, 2.05) is 30.6 Å². The molecule has 0 atom stereocenters. The monoisotopic (exact) mass is 324 g/mol. The number of allylic oxidation sites excluding steroid dienone is 1. The molecule has 124 valence electrons. The number of carbonyl (C=O) groups is 2. The van der Waals surface area contributed by atoms with Gasteiger partial charge < -0.3 is 9.67 Å². The fraction of sp³-hybridized carbons (Fsp3) is 0.316. The van der Waals surface area contributed by atoms with Crippen molar-refractivity contribution in [3.63, 3.8) is 0 Å². The van der Waals surface area contributed by atoms with Gasteiger partial charge in [-0.2, -0.15) is 0 Å². The van der Waals surface area contributed by atoms with Gasteiger partial charge in [0.05, 0.1) is 18.4 Å². The lowest BCUT2D eigenvalue weighted by atomic mass is 10.0. The van der Waals surface area contributed by atoms with Gasteiger partial charge in [0.25, 0.3) is 0 Å². The molecule has 0 saturated heterocycles. The van der Waals surface area contributed by atoms with Crippen molar-refractivity contribution in [3.05, 3.63) is 53.6 Å². The van der Waals surface area contributed by atoms with E-state index in [4.69, 9.17) is 5.11 Å². The van der Waals surface area contributed by atoms with Gasteiger partial charge >= 0.3 is 5.97 Å². The third-order valence-corrected chi connectivity index (χ3v) is 4.25. The number of fused-ring (bicyclic) bond motifs is 1. The molecule has 5 heteroatoms. The van der Waals surface area contributed by atoms with Crippen molar-refractivity contribution >= 4 is 17.8 Å². The molecule has 3 rings (SSSR count). The van der Waals surface area contributed by atoms with Crippen molar-refractivity contribution in [2.75, 3.05) is 0 Å². The predicted octanol–water partition coefficient (Wildman–Crippen LogP) is 3.20. The van der Waals surface area contributed by atoms with Gasteiger partial charge in [-0.1, -0.05) is 18.2 Å². The molecule has 1 aliphatic carbocycles. The maximum atomic E-state index is 11.6. The fourth-order valence-electron chi connectivity index (χ4n) is 2.94. The minimum Gasteiger partial charge on any atom is -0.481 e. The summed E-state index contributed by atoms with van der Waals surface area (Å²) < 4.78 is 2.14. The number of carboxylic acid groups (broad SMARTS) is 1. The Balaban J connectivity index is 1.68. The highest BCUT2D eigenvalue weighted by molar-refractivity contribution is 5.95. The number of aliphatic carboxylic acids is 1. The Morgan fingerprint density at radius 1 is 1.12 bits per heavy atom. The number of aromatic nitrogens is 2. The summed E-state index contributed by atoms with van der Waals surface area (Å²) in [5, 5.41) is 8.57. The molecule has 1 N–H and O–H groups in total. The second-order valence-corrected chi connectivity index (χ2v) is 6.00. The second kappa shape index (κ2) is 7.25. The first-order chi connectivity index (χ1) is 11.6. The van der Waals surface area contributed by atoms with Crippen molar-refractivity contribution in [3.8, 4) is 5.69 Å². The lowest BCUT2D eigenvalue weighted by molar-refractivity contribution is -0.138. The number of benzene rings is 1. The SMILES string of the molecule is O=C(O)CCC(=O)C=Cc1ccc(-n2cnc3c2CCCC3)cc1. The average Bonchev–Trinajstić information content (AvgIpc) is 3.02. The topological polar surface area (TPSA) is 72.2 Å². The van der Waals surface area contributed by atoms with E-state index in [0.29, 0.717) is 0 Å². The first-order valence-electron chi connectivity index (χ1n) is 8.22. The van der Waals surface area contributed by atoms with Crippen molar-refractivity contribution in [1.29, 1.82) is 0 Å². The number of aryl methyl sites for hydroxylation is 1. The Morgan fingerprint density at radius 3 is 2.62 bits per heavy atom. The number of hydrogen-bond acceptors (Lipinski definition) is 3. The molecular formula is C19H20N2O3. The Labute approximate surface area is 140 Å². The smallest absolute Gasteiger partial charge is 0.303 e. The van der Waals surface area contributed by atoms with E-state index in [1.165, 1.54) is 30.3 Å². The van der Waals surface area contributed by atoms with Crippen LogP contribution >= 0.6 is 0 Å². The summed E-state index contributed by atoms with van der Waals surface area (Å²) in [5.41, 5.74) is 4.49. The van der Waals surface area contributed by atoms with E-state index in [2.05, 4.69) is 9.55 Å². The van der Waals surface area contributed by atoms with Gasteiger partial charge in [0.2, 0.25) is 0 Å². The summed E-state index contributed by atoms with van der Waals surface area (Å²) in [5.74, 6) is -1.13. The molecule has 0 aliphatic heterocycles. The molecular weight excluding hydrogens is 304 g/mol. The quantitative estimate of drug-likeness (QED) is 0.828. The first-order valence-corrected chi connectivity index (χ1v) is 8.22. The van der Waals surface area contributed by atoms with Crippen LogP contribution in [0, 0.1) is 0 Å². The molecule has 0 unspecified atom stereocenters. The molecule has 0 bridgehead atoms. The van der Waals surface area contributed by atoms with Crippen LogP contribution in [0.3, 0.4) is 0 Å². The number of rotatable bonds is 6. The predicted molar refractivity (Wildman–Crippen MR) is 91.1 cm³/mol. The lowest BCUT2D eigenvalue weighted by Crippen LogP contribution is -2.06. The second-order valence-electron chi connectivity index (χ2n) is 6.00. The van der Waals surface area contributed by atoms with Gasteiger partial charge in [0, 0.05) is 17.8 Å². The van der Waals surface area contributed by atoms with Gasteiger partial charge in [0.15, 0.2) is 5.78 Å². The highest BCUT2D eigenvalue weighted by atomic mass is 16.4. The molecule has 2 aromatic rings. The highest BCUT2D eigenvalue weighted by Gasteiger charge is 2.15. The van der Waals surface area contributed by atoms with Gasteiger partial charge in [-0.15, -0.1) is 0 Å². The summed E-state index contributed by atoms with van der Waals surface area (Å²) in [6, 6.07) is 7.92. The summed E-state index contributed by atoms with van der Waals surface area (Å²) in [7, 11) is 0. The summed E-state index contributed by atoms with van der Waals surface area (Å²) in [6.07, 6.45) is 9.49. The van der Waals surface area contributed by atoms with Crippen LogP contribution in [0.25, 0.3) is 11.8 Å². The van der Waals surface area contributed by atoms with Gasteiger partial charge in [-0.05, 0) is 49.5 Å². The van der Waals surface area contributed by atoms with E-state index in [-0.39, 0.29) is 18.6 Å². The molecule has 1 aliphatic rings. The third kappa shape index (κ3) is 3.79. The minimum atomic E-state index is -0.954. The third-order valence-electron chi connectivity index (χ3n) is 4.25. The van der Waals surface area contributed by atoms with Crippen LogP contribution in [0.2, 0.25) is 0 Å². The van der Waals surface area contributed by atoms with Gasteiger partial charge in [-0.3, -0.25) is 9.59 Å². The number of nitrogens with zero attached hydrogens (tertiary/aromatic N) is 2. The summed E-state index contributed by atoms with van der Waals surface area (Å²) in [4.78, 5) is 26.5. The van der Waals surface area contributed by atoms with Crippen LogP contribution in [-0.4, -0.2) is 26.4 Å². The minimum absolute atomic E-state index is 0.0328. The van der Waals surface area contributed by atoms with Crippen LogP contribution < -0.4 is 0 Å². The largest absolute Gasteiger partial charge is 0.481 e. The zero-order valence-electron chi connectivity index (χ0n) is 13.4. The number of carboxylic acids is 1. The normalized spacial score (nSPS) is 13.8. The van der Waals surface area contributed by atoms with Crippen LogP contribution in [0.5, 0.6) is 0 Å². The molecule has 0 saturated carbocycles. The Hall–Kier alpha value is -2.69. The molecule has 0 fully saturated rings. The van der Waals surface area contributed by atoms with Crippen molar-refractivity contribution in [1.82, 2.24) is 9.55 Å². The van der Waals surface area contributed by atoms with E-state index < -0.39 is 5.97 Å². The van der Waals surface area contributed by atoms with Crippen molar-refractivity contribution < 1.29 is 14.7 Å². The highest BCUT2D eigenvalue weighted by Crippen LogP contribution is 2.23. The Morgan fingerprint density at radius 2 is 1.88 bits per heavy atom. The van der Waals surface area contributed by atoms with E-state index in [0.717, 1.165) is 24.1 Å². The summed E-state index contributed by atoms with van der Waals surface area (Å²) in [6.45, 7) is 0. The van der Waals surface area contributed by atoms with E-state index in [9.17, 15) is 9.59 Å². The average molecular weight is 324 g/mol. The Bertz CT molecular complexity index is 772. The standard InChI is InChI=1S/C19H20N2O3/c22-16(11-12-19(23)24)10-7-14-5-8-15(9-6-14)21-13-20-17-3-1-2-4-18(17)21/h5-10,13H,1-4,11-12H2,(H,23,24). The van der Waals surface area contributed by atoms with E-state index >= 15 is 0 Å². The van der Waals surface area contributed by atoms with Crippen LogP contribution in [0.15, 0.2) is 36.7 Å². The van der Waals surface area contributed by atoms with Crippen LogP contribution in [0.1, 0.15) is 42.6 Å². The zero-order valence-corrected chi connectivity index (χ0v) is 13.4. The molecule has 1 heterocycles.